The highest BCUT2D eigenvalue weighted by atomic mass is 32.2. The molecule has 0 bridgehead atoms. The van der Waals surface area contributed by atoms with Crippen molar-refractivity contribution < 1.29 is 13.2 Å². The van der Waals surface area contributed by atoms with Crippen molar-refractivity contribution >= 4 is 10.0 Å². The quantitative estimate of drug-likeness (QED) is 0.908. The van der Waals surface area contributed by atoms with Crippen LogP contribution in [0.3, 0.4) is 0 Å². The van der Waals surface area contributed by atoms with Crippen LogP contribution in [0.25, 0.3) is 0 Å². The van der Waals surface area contributed by atoms with Crippen molar-refractivity contribution in [1.82, 2.24) is 4.72 Å². The number of benzene rings is 2. The van der Waals surface area contributed by atoms with Gasteiger partial charge in [-0.1, -0.05) is 29.8 Å². The Morgan fingerprint density at radius 1 is 0.957 bits per heavy atom. The van der Waals surface area contributed by atoms with Crippen LogP contribution in [0, 0.1) is 20.8 Å². The predicted octanol–water partition coefficient (Wildman–Crippen LogP) is 3.66. The van der Waals surface area contributed by atoms with E-state index in [4.69, 9.17) is 4.74 Å². The normalized spacial score (nSPS) is 12.9. The molecular weight excluding hydrogens is 310 g/mol. The lowest BCUT2D eigenvalue weighted by atomic mass is 10.1. The van der Waals surface area contributed by atoms with Gasteiger partial charge in [-0.3, -0.25) is 0 Å². The Hall–Kier alpha value is -1.85. The van der Waals surface area contributed by atoms with Gasteiger partial charge in [0.2, 0.25) is 10.0 Å². The standard InChI is InChI=1S/C18H23NO3S/c1-12-6-8-16(9-7-12)15(4)19-23(20,21)18-11-10-17(22-5)13(2)14(18)3/h6-11,15,19H,1-5H3. The van der Waals surface area contributed by atoms with Crippen molar-refractivity contribution in [3.05, 3.63) is 58.7 Å². The van der Waals surface area contributed by atoms with Gasteiger partial charge in [0, 0.05) is 6.04 Å². The molecule has 0 fully saturated rings. The van der Waals surface area contributed by atoms with Crippen LogP contribution >= 0.6 is 0 Å². The minimum atomic E-state index is -3.60. The van der Waals surface area contributed by atoms with Gasteiger partial charge in [-0.05, 0) is 56.5 Å². The summed E-state index contributed by atoms with van der Waals surface area (Å²) in [6.45, 7) is 7.50. The molecule has 1 atom stereocenters. The summed E-state index contributed by atoms with van der Waals surface area (Å²) in [7, 11) is -2.02. The molecule has 0 heterocycles. The third-order valence-corrected chi connectivity index (χ3v) is 5.79. The van der Waals surface area contributed by atoms with E-state index in [9.17, 15) is 8.42 Å². The van der Waals surface area contributed by atoms with Crippen molar-refractivity contribution in [2.24, 2.45) is 0 Å². The average Bonchev–Trinajstić information content (AvgIpc) is 2.49. The van der Waals surface area contributed by atoms with Crippen LogP contribution in [-0.4, -0.2) is 15.5 Å². The second-order valence-corrected chi connectivity index (χ2v) is 7.45. The topological polar surface area (TPSA) is 55.4 Å². The number of hydrogen-bond acceptors (Lipinski definition) is 3. The molecule has 0 aliphatic carbocycles. The highest BCUT2D eigenvalue weighted by Crippen LogP contribution is 2.27. The summed E-state index contributed by atoms with van der Waals surface area (Å²) in [5, 5.41) is 0. The van der Waals surface area contributed by atoms with E-state index in [-0.39, 0.29) is 10.9 Å². The summed E-state index contributed by atoms with van der Waals surface area (Å²) < 4.78 is 33.4. The molecule has 124 valence electrons. The molecule has 2 rings (SSSR count). The van der Waals surface area contributed by atoms with Gasteiger partial charge in [0.1, 0.15) is 5.75 Å². The van der Waals surface area contributed by atoms with Crippen molar-refractivity contribution in [3.8, 4) is 5.75 Å². The second-order valence-electron chi connectivity index (χ2n) is 5.77. The largest absolute Gasteiger partial charge is 0.496 e. The van der Waals surface area contributed by atoms with Crippen LogP contribution in [0.4, 0.5) is 0 Å². The molecule has 2 aromatic rings. The Morgan fingerprint density at radius 3 is 2.13 bits per heavy atom. The molecule has 4 nitrogen and oxygen atoms in total. The molecule has 5 heteroatoms. The van der Waals surface area contributed by atoms with Gasteiger partial charge in [0.25, 0.3) is 0 Å². The molecule has 0 saturated carbocycles. The number of methoxy groups -OCH3 is 1. The smallest absolute Gasteiger partial charge is 0.241 e. The molecule has 0 aliphatic rings. The van der Waals surface area contributed by atoms with Gasteiger partial charge < -0.3 is 4.74 Å². The van der Waals surface area contributed by atoms with E-state index < -0.39 is 10.0 Å². The highest BCUT2D eigenvalue weighted by Gasteiger charge is 2.22. The van der Waals surface area contributed by atoms with Gasteiger partial charge in [-0.2, -0.15) is 0 Å². The zero-order chi connectivity index (χ0) is 17.2. The summed E-state index contributed by atoms with van der Waals surface area (Å²) in [6.07, 6.45) is 0. The second kappa shape index (κ2) is 6.72. The first-order valence-electron chi connectivity index (χ1n) is 7.49. The van der Waals surface area contributed by atoms with Crippen molar-refractivity contribution in [3.63, 3.8) is 0 Å². The number of rotatable bonds is 5. The van der Waals surface area contributed by atoms with Crippen LogP contribution in [0.5, 0.6) is 5.75 Å². The minimum Gasteiger partial charge on any atom is -0.496 e. The molecule has 0 aromatic heterocycles. The number of sulfonamides is 1. The van der Waals surface area contributed by atoms with E-state index in [1.54, 1.807) is 26.2 Å². The maximum atomic E-state index is 12.7. The van der Waals surface area contributed by atoms with Crippen molar-refractivity contribution in [2.45, 2.75) is 38.6 Å². The summed E-state index contributed by atoms with van der Waals surface area (Å²) in [5.74, 6) is 0.688. The first-order valence-corrected chi connectivity index (χ1v) is 8.97. The lowest BCUT2D eigenvalue weighted by molar-refractivity contribution is 0.410. The summed E-state index contributed by atoms with van der Waals surface area (Å²) in [4.78, 5) is 0.287. The van der Waals surface area contributed by atoms with Gasteiger partial charge >= 0.3 is 0 Å². The molecule has 23 heavy (non-hydrogen) atoms. The minimum absolute atomic E-state index is 0.287. The van der Waals surface area contributed by atoms with E-state index in [0.29, 0.717) is 11.3 Å². The summed E-state index contributed by atoms with van der Waals surface area (Å²) in [6, 6.07) is 10.8. The number of nitrogens with one attached hydrogen (secondary N) is 1. The zero-order valence-corrected chi connectivity index (χ0v) is 15.0. The maximum Gasteiger partial charge on any atom is 0.241 e. The molecule has 1 N–H and O–H groups in total. The average molecular weight is 333 g/mol. The van der Waals surface area contributed by atoms with Gasteiger partial charge in [-0.15, -0.1) is 0 Å². The van der Waals surface area contributed by atoms with Gasteiger partial charge in [-0.25, -0.2) is 13.1 Å². The predicted molar refractivity (Wildman–Crippen MR) is 92.4 cm³/mol. The van der Waals surface area contributed by atoms with Crippen LogP contribution < -0.4 is 9.46 Å². The van der Waals surface area contributed by atoms with Crippen molar-refractivity contribution in [1.29, 1.82) is 0 Å². The van der Waals surface area contributed by atoms with Crippen molar-refractivity contribution in [2.75, 3.05) is 7.11 Å². The number of ether oxygens (including phenoxy) is 1. The van der Waals surface area contributed by atoms with Crippen LogP contribution in [-0.2, 0) is 10.0 Å². The lowest BCUT2D eigenvalue weighted by Gasteiger charge is -2.18. The molecule has 0 amide bonds. The van der Waals surface area contributed by atoms with E-state index in [2.05, 4.69) is 4.72 Å². The molecule has 0 radical (unpaired) electrons. The fraction of sp³-hybridized carbons (Fsp3) is 0.333. The van der Waals surface area contributed by atoms with Crippen LogP contribution in [0.2, 0.25) is 0 Å². The molecule has 1 unspecified atom stereocenters. The SMILES string of the molecule is COc1ccc(S(=O)(=O)NC(C)c2ccc(C)cc2)c(C)c1C. The number of hydrogen-bond donors (Lipinski definition) is 1. The van der Waals surface area contributed by atoms with E-state index in [1.165, 1.54) is 0 Å². The lowest BCUT2D eigenvalue weighted by Crippen LogP contribution is -2.27. The Morgan fingerprint density at radius 2 is 1.57 bits per heavy atom. The van der Waals surface area contributed by atoms with E-state index in [0.717, 1.165) is 16.7 Å². The Balaban J connectivity index is 2.32. The maximum absolute atomic E-state index is 12.7. The van der Waals surface area contributed by atoms with Crippen LogP contribution in [0.15, 0.2) is 41.3 Å². The Bertz CT molecular complexity index is 796. The summed E-state index contributed by atoms with van der Waals surface area (Å²) in [5.41, 5.74) is 3.61. The fourth-order valence-electron chi connectivity index (χ4n) is 2.50. The Labute approximate surface area is 138 Å². The third kappa shape index (κ3) is 3.74. The van der Waals surface area contributed by atoms with Gasteiger partial charge in [0.05, 0.1) is 12.0 Å². The molecule has 0 spiro atoms. The monoisotopic (exact) mass is 333 g/mol. The molecule has 0 aliphatic heterocycles. The zero-order valence-electron chi connectivity index (χ0n) is 14.2. The fourth-order valence-corrected chi connectivity index (χ4v) is 4.03. The van der Waals surface area contributed by atoms with E-state index in [1.807, 2.05) is 45.0 Å². The number of aryl methyl sites for hydroxylation is 1. The third-order valence-electron chi connectivity index (χ3n) is 4.11. The van der Waals surface area contributed by atoms with E-state index >= 15 is 0 Å². The molecular formula is C18H23NO3S. The first-order chi connectivity index (χ1) is 10.8. The van der Waals surface area contributed by atoms with Gasteiger partial charge in [0.15, 0.2) is 0 Å². The molecule has 2 aromatic carbocycles. The highest BCUT2D eigenvalue weighted by molar-refractivity contribution is 7.89. The molecule has 0 saturated heterocycles. The Kier molecular flexibility index (Phi) is 5.12. The first kappa shape index (κ1) is 17.5. The van der Waals surface area contributed by atoms with Crippen LogP contribution in [0.1, 0.15) is 35.2 Å². The summed E-state index contributed by atoms with van der Waals surface area (Å²) >= 11 is 0.